The number of fused-ring (bicyclic) bond motifs is 5. The Morgan fingerprint density at radius 2 is 1.59 bits per heavy atom. The van der Waals surface area contributed by atoms with E-state index in [0.29, 0.717) is 0 Å². The van der Waals surface area contributed by atoms with Crippen LogP contribution in [0.5, 0.6) is 0 Å². The second kappa shape index (κ2) is 2.83. The summed E-state index contributed by atoms with van der Waals surface area (Å²) in [5.41, 5.74) is 3.16. The molecule has 2 aromatic carbocycles. The Hall–Kier alpha value is -2.42. The van der Waals surface area contributed by atoms with Crippen LogP contribution in [0.2, 0.25) is 0 Å². The lowest BCUT2D eigenvalue weighted by Gasteiger charge is -1.96. The number of para-hydroxylation sites is 2. The van der Waals surface area contributed by atoms with E-state index in [9.17, 15) is 0 Å². The van der Waals surface area contributed by atoms with Gasteiger partial charge in [-0.05, 0) is 12.1 Å². The fourth-order valence-corrected chi connectivity index (χ4v) is 2.60. The summed E-state index contributed by atoms with van der Waals surface area (Å²) in [6.45, 7) is 0. The number of nitrogen functional groups attached to an aromatic ring is 1. The third-order valence-corrected chi connectivity index (χ3v) is 3.36. The van der Waals surface area contributed by atoms with Gasteiger partial charge in [-0.25, -0.2) is 4.68 Å². The Morgan fingerprint density at radius 1 is 0.882 bits per heavy atom. The number of hydrogen-bond donors (Lipinski definition) is 2. The third-order valence-electron chi connectivity index (χ3n) is 3.36. The Kier molecular flexibility index (Phi) is 1.45. The van der Waals surface area contributed by atoms with Crippen molar-refractivity contribution < 1.29 is 0 Å². The van der Waals surface area contributed by atoms with Crippen molar-refractivity contribution in [2.45, 2.75) is 0 Å². The molecule has 3 N–H and O–H groups in total. The van der Waals surface area contributed by atoms with Crippen LogP contribution >= 0.6 is 0 Å². The van der Waals surface area contributed by atoms with E-state index in [0.717, 1.165) is 16.7 Å². The molecule has 3 nitrogen and oxygen atoms in total. The van der Waals surface area contributed by atoms with Crippen molar-refractivity contribution in [2.75, 3.05) is 5.84 Å². The quantitative estimate of drug-likeness (QED) is 0.440. The van der Waals surface area contributed by atoms with Gasteiger partial charge >= 0.3 is 0 Å². The molecule has 0 spiro atoms. The second-order valence-electron chi connectivity index (χ2n) is 4.28. The van der Waals surface area contributed by atoms with Gasteiger partial charge in [0.25, 0.3) is 0 Å². The summed E-state index contributed by atoms with van der Waals surface area (Å²) in [5.74, 6) is 6.12. The Balaban J connectivity index is 2.41. The number of rotatable bonds is 0. The maximum absolute atomic E-state index is 6.12. The van der Waals surface area contributed by atoms with E-state index in [-0.39, 0.29) is 0 Å². The molecule has 3 heteroatoms. The van der Waals surface area contributed by atoms with Gasteiger partial charge in [0.15, 0.2) is 0 Å². The number of nitrogens with one attached hydrogen (secondary N) is 1. The lowest BCUT2D eigenvalue weighted by Crippen LogP contribution is -2.06. The van der Waals surface area contributed by atoms with E-state index in [4.69, 9.17) is 5.84 Å². The van der Waals surface area contributed by atoms with Gasteiger partial charge in [-0.15, -0.1) is 0 Å². The lowest BCUT2D eigenvalue weighted by atomic mass is 10.1. The van der Waals surface area contributed by atoms with Crippen molar-refractivity contribution in [1.82, 2.24) is 9.66 Å². The largest absolute Gasteiger partial charge is 0.339 e. The lowest BCUT2D eigenvalue weighted by molar-refractivity contribution is 1.09. The molecule has 2 aromatic heterocycles. The van der Waals surface area contributed by atoms with Gasteiger partial charge in [0.05, 0.1) is 5.52 Å². The van der Waals surface area contributed by atoms with E-state index < -0.39 is 0 Å². The van der Waals surface area contributed by atoms with Crippen LogP contribution in [0.15, 0.2) is 48.5 Å². The summed E-state index contributed by atoms with van der Waals surface area (Å²) in [6, 6.07) is 16.5. The zero-order valence-corrected chi connectivity index (χ0v) is 9.14. The number of H-pyrrole nitrogens is 1. The summed E-state index contributed by atoms with van der Waals surface area (Å²) in [5, 5.41) is 3.63. The van der Waals surface area contributed by atoms with E-state index in [2.05, 4.69) is 29.2 Å². The molecule has 0 aliphatic heterocycles. The summed E-state index contributed by atoms with van der Waals surface area (Å²) in [7, 11) is 0. The average molecular weight is 221 g/mol. The molecule has 4 rings (SSSR count). The van der Waals surface area contributed by atoms with Crippen molar-refractivity contribution in [3.63, 3.8) is 0 Å². The molecule has 17 heavy (non-hydrogen) atoms. The monoisotopic (exact) mass is 221 g/mol. The summed E-state index contributed by atoms with van der Waals surface area (Å²) in [6.07, 6.45) is 0. The van der Waals surface area contributed by atoms with Gasteiger partial charge in [-0.1, -0.05) is 36.4 Å². The van der Waals surface area contributed by atoms with E-state index in [1.54, 1.807) is 4.68 Å². The molecule has 0 bridgehead atoms. The topological polar surface area (TPSA) is 46.7 Å². The van der Waals surface area contributed by atoms with Crippen LogP contribution in [-0.2, 0) is 0 Å². The number of aromatic nitrogens is 2. The Bertz CT molecular complexity index is 852. The summed E-state index contributed by atoms with van der Waals surface area (Å²) >= 11 is 0. The predicted octanol–water partition coefficient (Wildman–Crippen LogP) is 2.99. The third kappa shape index (κ3) is 0.959. The minimum Gasteiger partial charge on any atom is -0.339 e. The fraction of sp³-hybridized carbons (Fsp3) is 0. The molecule has 82 valence electrons. The molecule has 0 fully saturated rings. The Morgan fingerprint density at radius 3 is 2.47 bits per heavy atom. The summed E-state index contributed by atoms with van der Waals surface area (Å²) in [4.78, 5) is 3.37. The molecule has 0 radical (unpaired) electrons. The SMILES string of the molecule is Nn1c2ccccc2c2c3ccccc3[nH]c21. The average Bonchev–Trinajstić information content (AvgIpc) is 2.88. The van der Waals surface area contributed by atoms with E-state index in [1.807, 2.05) is 24.3 Å². The molecule has 0 unspecified atom stereocenters. The summed E-state index contributed by atoms with van der Waals surface area (Å²) < 4.78 is 1.73. The number of benzene rings is 2. The van der Waals surface area contributed by atoms with Crippen LogP contribution < -0.4 is 5.84 Å². The number of aromatic amines is 1. The first-order chi connectivity index (χ1) is 8.36. The zero-order valence-electron chi connectivity index (χ0n) is 9.14. The van der Waals surface area contributed by atoms with Crippen molar-refractivity contribution in [3.05, 3.63) is 48.5 Å². The minimum atomic E-state index is 0.979. The standard InChI is InChI=1S/C14H11N3/c15-17-12-8-4-2-6-10(12)13-9-5-1-3-7-11(9)16-14(13)17/h1-8,16H,15H2. The number of nitrogens with zero attached hydrogens (tertiary/aromatic N) is 1. The van der Waals surface area contributed by atoms with Crippen LogP contribution in [0.3, 0.4) is 0 Å². The molecule has 0 aliphatic rings. The molecule has 2 heterocycles. The van der Waals surface area contributed by atoms with Gasteiger partial charge < -0.3 is 10.8 Å². The first-order valence-electron chi connectivity index (χ1n) is 5.61. The van der Waals surface area contributed by atoms with Gasteiger partial charge in [0, 0.05) is 21.7 Å². The smallest absolute Gasteiger partial charge is 0.138 e. The van der Waals surface area contributed by atoms with Crippen molar-refractivity contribution in [3.8, 4) is 0 Å². The van der Waals surface area contributed by atoms with E-state index in [1.165, 1.54) is 16.2 Å². The molecule has 0 aliphatic carbocycles. The van der Waals surface area contributed by atoms with Crippen LogP contribution in [0.1, 0.15) is 0 Å². The molecular formula is C14H11N3. The highest BCUT2D eigenvalue weighted by Gasteiger charge is 2.13. The van der Waals surface area contributed by atoms with Crippen LogP contribution in [-0.4, -0.2) is 9.66 Å². The first-order valence-corrected chi connectivity index (χ1v) is 5.61. The number of nitrogens with two attached hydrogens (primary N) is 1. The van der Waals surface area contributed by atoms with Gasteiger partial charge in [0.1, 0.15) is 5.65 Å². The Labute approximate surface area is 97.4 Å². The van der Waals surface area contributed by atoms with E-state index >= 15 is 0 Å². The molecule has 0 saturated heterocycles. The number of hydrogen-bond acceptors (Lipinski definition) is 1. The van der Waals surface area contributed by atoms with Crippen molar-refractivity contribution in [2.24, 2.45) is 0 Å². The zero-order chi connectivity index (χ0) is 11.4. The minimum absolute atomic E-state index is 0.979. The van der Waals surface area contributed by atoms with Crippen molar-refractivity contribution in [1.29, 1.82) is 0 Å². The normalized spacial score (nSPS) is 11.8. The fourth-order valence-electron chi connectivity index (χ4n) is 2.60. The van der Waals surface area contributed by atoms with Crippen LogP contribution in [0, 0.1) is 0 Å². The molecular weight excluding hydrogens is 210 g/mol. The van der Waals surface area contributed by atoms with Gasteiger partial charge in [-0.3, -0.25) is 0 Å². The molecule has 0 saturated carbocycles. The molecule has 0 atom stereocenters. The van der Waals surface area contributed by atoms with Crippen molar-refractivity contribution >= 4 is 32.8 Å². The highest BCUT2D eigenvalue weighted by molar-refractivity contribution is 6.20. The van der Waals surface area contributed by atoms with Crippen LogP contribution in [0.25, 0.3) is 32.8 Å². The molecule has 0 amide bonds. The highest BCUT2D eigenvalue weighted by Crippen LogP contribution is 2.33. The second-order valence-corrected chi connectivity index (χ2v) is 4.28. The first kappa shape index (κ1) is 8.70. The van der Waals surface area contributed by atoms with Crippen LogP contribution in [0.4, 0.5) is 0 Å². The maximum Gasteiger partial charge on any atom is 0.138 e. The maximum atomic E-state index is 6.12. The molecule has 4 aromatic rings. The van der Waals surface area contributed by atoms with Gasteiger partial charge in [0.2, 0.25) is 0 Å². The predicted molar refractivity (Wildman–Crippen MR) is 71.5 cm³/mol. The highest BCUT2D eigenvalue weighted by atomic mass is 15.3. The van der Waals surface area contributed by atoms with Gasteiger partial charge in [-0.2, -0.15) is 0 Å².